The van der Waals surface area contributed by atoms with Crippen molar-refractivity contribution in [2.75, 3.05) is 24.7 Å². The first-order valence-corrected chi connectivity index (χ1v) is 6.79. The van der Waals surface area contributed by atoms with E-state index in [9.17, 15) is 0 Å². The van der Waals surface area contributed by atoms with Gasteiger partial charge in [0.05, 0.1) is 0 Å². The minimum Gasteiger partial charge on any atom is -0.384 e. The molecule has 0 fully saturated rings. The molecule has 17 heavy (non-hydrogen) atoms. The molecule has 2 rings (SSSR count). The highest BCUT2D eigenvalue weighted by Crippen LogP contribution is 2.29. The van der Waals surface area contributed by atoms with Crippen LogP contribution in [-0.2, 0) is 5.75 Å². The maximum atomic E-state index is 5.62. The Bertz CT molecular complexity index is 497. The number of anilines is 2. The Hall–Kier alpha value is -1.34. The van der Waals surface area contributed by atoms with Crippen LogP contribution in [0.1, 0.15) is 5.56 Å². The van der Waals surface area contributed by atoms with Crippen molar-refractivity contribution in [1.29, 1.82) is 0 Å². The normalized spacial score (nSPS) is 10.5. The van der Waals surface area contributed by atoms with Crippen LogP contribution in [0.15, 0.2) is 22.7 Å². The third kappa shape index (κ3) is 3.31. The van der Waals surface area contributed by atoms with Crippen LogP contribution in [0.25, 0.3) is 0 Å². The molecule has 0 radical (unpaired) electrons. The molecule has 0 saturated heterocycles. The van der Waals surface area contributed by atoms with Gasteiger partial charge in [-0.1, -0.05) is 23.1 Å². The van der Waals surface area contributed by atoms with Crippen LogP contribution in [0.3, 0.4) is 0 Å². The van der Waals surface area contributed by atoms with Gasteiger partial charge in [-0.25, -0.2) is 4.98 Å². The smallest absolute Gasteiger partial charge is 0.208 e. The topological polar surface area (TPSA) is 67.9 Å². The lowest BCUT2D eigenvalue weighted by atomic mass is 10.3. The number of aromatic nitrogens is 3. The summed E-state index contributed by atoms with van der Waals surface area (Å²) in [6, 6.07) is 3.83. The third-order valence-electron chi connectivity index (χ3n) is 1.99. The highest BCUT2D eigenvalue weighted by molar-refractivity contribution is 8.00. The van der Waals surface area contributed by atoms with Crippen LogP contribution < -0.4 is 10.6 Å². The number of hydrogen-bond donors (Lipinski definition) is 1. The van der Waals surface area contributed by atoms with Crippen LogP contribution >= 0.6 is 23.1 Å². The molecule has 2 N–H and O–H groups in total. The second-order valence-electron chi connectivity index (χ2n) is 3.62. The average molecular weight is 267 g/mol. The van der Waals surface area contributed by atoms with Gasteiger partial charge in [0.15, 0.2) is 4.34 Å². The Labute approximate surface area is 108 Å². The number of nitrogens with zero attached hydrogens (tertiary/aromatic N) is 4. The van der Waals surface area contributed by atoms with Crippen molar-refractivity contribution in [3.8, 4) is 0 Å². The third-order valence-corrected chi connectivity index (χ3v) is 4.28. The maximum absolute atomic E-state index is 5.62. The van der Waals surface area contributed by atoms with Crippen molar-refractivity contribution in [1.82, 2.24) is 15.2 Å². The molecule has 0 aliphatic rings. The van der Waals surface area contributed by atoms with Gasteiger partial charge in [-0.15, -0.1) is 10.2 Å². The standard InChI is InChI=1S/C10H13N5S2/c1-15(2)9-13-14-10(17-9)16-6-7-3-4-12-8(11)5-7/h3-5H,6H2,1-2H3,(H2,11,12). The van der Waals surface area contributed by atoms with Gasteiger partial charge in [-0.3, -0.25) is 0 Å². The summed E-state index contributed by atoms with van der Waals surface area (Å²) < 4.78 is 0.962. The maximum Gasteiger partial charge on any atom is 0.208 e. The lowest BCUT2D eigenvalue weighted by Gasteiger charge is -2.03. The van der Waals surface area contributed by atoms with E-state index in [1.54, 1.807) is 29.3 Å². The molecule has 90 valence electrons. The molecule has 0 atom stereocenters. The van der Waals surface area contributed by atoms with Crippen molar-refractivity contribution in [3.63, 3.8) is 0 Å². The van der Waals surface area contributed by atoms with Crippen molar-refractivity contribution >= 4 is 34.0 Å². The highest BCUT2D eigenvalue weighted by Gasteiger charge is 2.06. The van der Waals surface area contributed by atoms with Crippen LogP contribution in [-0.4, -0.2) is 29.3 Å². The second-order valence-corrected chi connectivity index (χ2v) is 5.80. The molecule has 0 saturated carbocycles. The Morgan fingerprint density at radius 1 is 1.41 bits per heavy atom. The Kier molecular flexibility index (Phi) is 3.80. The zero-order chi connectivity index (χ0) is 12.3. The van der Waals surface area contributed by atoms with Crippen LogP contribution in [0.4, 0.5) is 10.9 Å². The molecule has 7 heteroatoms. The molecular weight excluding hydrogens is 254 g/mol. The van der Waals surface area contributed by atoms with E-state index in [0.717, 1.165) is 20.8 Å². The van der Waals surface area contributed by atoms with Crippen molar-refractivity contribution < 1.29 is 0 Å². The lowest BCUT2D eigenvalue weighted by Crippen LogP contribution is -2.07. The molecule has 0 aliphatic heterocycles. The number of hydrogen-bond acceptors (Lipinski definition) is 7. The van der Waals surface area contributed by atoms with E-state index in [4.69, 9.17) is 5.73 Å². The largest absolute Gasteiger partial charge is 0.384 e. The fraction of sp³-hybridized carbons (Fsp3) is 0.300. The quantitative estimate of drug-likeness (QED) is 0.853. The summed E-state index contributed by atoms with van der Waals surface area (Å²) in [6.45, 7) is 0. The molecule has 0 bridgehead atoms. The highest BCUT2D eigenvalue weighted by atomic mass is 32.2. The van der Waals surface area contributed by atoms with E-state index >= 15 is 0 Å². The van der Waals surface area contributed by atoms with Gasteiger partial charge in [0.2, 0.25) is 5.13 Å². The lowest BCUT2D eigenvalue weighted by molar-refractivity contribution is 0.972. The second kappa shape index (κ2) is 5.33. The summed E-state index contributed by atoms with van der Waals surface area (Å²) in [4.78, 5) is 5.91. The van der Waals surface area contributed by atoms with Gasteiger partial charge in [-0.05, 0) is 17.7 Å². The monoisotopic (exact) mass is 267 g/mol. The van der Waals surface area contributed by atoms with Crippen molar-refractivity contribution in [2.24, 2.45) is 0 Å². The molecule has 0 amide bonds. The summed E-state index contributed by atoms with van der Waals surface area (Å²) in [5, 5.41) is 9.12. The number of nitrogen functional groups attached to an aromatic ring is 1. The van der Waals surface area contributed by atoms with Gasteiger partial charge in [0.25, 0.3) is 0 Å². The molecule has 2 aromatic rings. The summed E-state index contributed by atoms with van der Waals surface area (Å²) >= 11 is 3.24. The number of rotatable bonds is 4. The zero-order valence-electron chi connectivity index (χ0n) is 9.62. The molecular formula is C10H13N5S2. The van der Waals surface area contributed by atoms with Crippen LogP contribution in [0.2, 0.25) is 0 Å². The van der Waals surface area contributed by atoms with Gasteiger partial charge in [0, 0.05) is 26.0 Å². The SMILES string of the molecule is CN(C)c1nnc(SCc2ccnc(N)c2)s1. The van der Waals surface area contributed by atoms with E-state index in [2.05, 4.69) is 15.2 Å². The molecule has 2 aromatic heterocycles. The Morgan fingerprint density at radius 2 is 2.24 bits per heavy atom. The molecule has 0 aliphatic carbocycles. The van der Waals surface area contributed by atoms with E-state index in [1.165, 1.54) is 0 Å². The first-order valence-electron chi connectivity index (χ1n) is 4.99. The van der Waals surface area contributed by atoms with Crippen LogP contribution in [0, 0.1) is 0 Å². The van der Waals surface area contributed by atoms with E-state index in [1.807, 2.05) is 31.1 Å². The summed E-state index contributed by atoms with van der Waals surface area (Å²) in [7, 11) is 3.91. The summed E-state index contributed by atoms with van der Waals surface area (Å²) in [5.74, 6) is 1.38. The Morgan fingerprint density at radius 3 is 2.88 bits per heavy atom. The van der Waals surface area contributed by atoms with Gasteiger partial charge < -0.3 is 10.6 Å². The van der Waals surface area contributed by atoms with Crippen molar-refractivity contribution in [3.05, 3.63) is 23.9 Å². The Balaban J connectivity index is 1.97. The van der Waals surface area contributed by atoms with E-state index in [0.29, 0.717) is 5.82 Å². The first-order chi connectivity index (χ1) is 8.15. The van der Waals surface area contributed by atoms with E-state index < -0.39 is 0 Å². The molecule has 2 heterocycles. The molecule has 0 spiro atoms. The van der Waals surface area contributed by atoms with Gasteiger partial charge >= 0.3 is 0 Å². The zero-order valence-corrected chi connectivity index (χ0v) is 11.3. The minimum absolute atomic E-state index is 0.550. The molecule has 0 aromatic carbocycles. The van der Waals surface area contributed by atoms with Gasteiger partial charge in [-0.2, -0.15) is 0 Å². The average Bonchev–Trinajstić information content (AvgIpc) is 2.75. The number of nitrogens with two attached hydrogens (primary N) is 1. The molecule has 0 unspecified atom stereocenters. The van der Waals surface area contributed by atoms with E-state index in [-0.39, 0.29) is 0 Å². The minimum atomic E-state index is 0.550. The summed E-state index contributed by atoms with van der Waals surface area (Å²) in [6.07, 6.45) is 1.72. The first kappa shape index (κ1) is 12.1. The van der Waals surface area contributed by atoms with Crippen LogP contribution in [0.5, 0.6) is 0 Å². The number of thioether (sulfide) groups is 1. The molecule has 5 nitrogen and oxygen atoms in total. The fourth-order valence-corrected chi connectivity index (χ4v) is 2.88. The predicted molar refractivity (Wildman–Crippen MR) is 72.4 cm³/mol. The fourth-order valence-electron chi connectivity index (χ4n) is 1.17. The van der Waals surface area contributed by atoms with Crippen molar-refractivity contribution in [2.45, 2.75) is 10.1 Å². The predicted octanol–water partition coefficient (Wildman–Crippen LogP) is 1.87. The number of pyridine rings is 1. The van der Waals surface area contributed by atoms with Gasteiger partial charge in [0.1, 0.15) is 5.82 Å². The summed E-state index contributed by atoms with van der Waals surface area (Å²) in [5.41, 5.74) is 6.76.